The fraction of sp³-hybridized carbons (Fsp3) is 0.692. The first-order valence-electron chi connectivity index (χ1n) is 6.53. The van der Waals surface area contributed by atoms with Crippen LogP contribution in [0.1, 0.15) is 51.9 Å². The predicted molar refractivity (Wildman–Crippen MR) is 72.4 cm³/mol. The van der Waals surface area contributed by atoms with Gasteiger partial charge in [0, 0.05) is 5.56 Å². The van der Waals surface area contributed by atoms with Crippen molar-refractivity contribution in [3.8, 4) is 0 Å². The Morgan fingerprint density at radius 3 is 2.68 bits per heavy atom. The maximum atomic E-state index is 12.3. The summed E-state index contributed by atoms with van der Waals surface area (Å²) in [5.74, 6) is 0.723. The third-order valence-corrected chi connectivity index (χ3v) is 3.15. The zero-order chi connectivity index (χ0) is 14.4. The molecule has 0 saturated heterocycles. The SMILES string of the molecule is CC(C)[C@H]1c2[nH]nc(N)c2CN1C(=O)OC(C)(C)C. The number of amides is 1. The number of carbonyl (C=O) groups is 1. The van der Waals surface area contributed by atoms with Crippen LogP contribution in [0.2, 0.25) is 0 Å². The smallest absolute Gasteiger partial charge is 0.411 e. The number of nitrogen functional groups attached to an aromatic ring is 1. The lowest BCUT2D eigenvalue weighted by Crippen LogP contribution is -2.37. The maximum Gasteiger partial charge on any atom is 0.411 e. The molecule has 0 radical (unpaired) electrons. The highest BCUT2D eigenvalue weighted by atomic mass is 16.6. The molecule has 0 spiro atoms. The predicted octanol–water partition coefficient (Wildman–Crippen LogP) is 2.44. The number of rotatable bonds is 1. The van der Waals surface area contributed by atoms with Crippen LogP contribution in [-0.4, -0.2) is 26.8 Å². The lowest BCUT2D eigenvalue weighted by Gasteiger charge is -2.30. The Balaban J connectivity index is 2.26. The first kappa shape index (κ1) is 13.7. The molecule has 1 aromatic heterocycles. The molecule has 1 aromatic rings. The molecule has 106 valence electrons. The molecule has 0 fully saturated rings. The quantitative estimate of drug-likeness (QED) is 0.817. The molecular formula is C13H22N4O2. The van der Waals surface area contributed by atoms with Crippen LogP contribution in [0.5, 0.6) is 0 Å². The minimum Gasteiger partial charge on any atom is -0.444 e. The van der Waals surface area contributed by atoms with Crippen molar-refractivity contribution in [2.75, 3.05) is 5.73 Å². The Hall–Kier alpha value is -1.72. The maximum absolute atomic E-state index is 12.3. The third kappa shape index (κ3) is 2.52. The van der Waals surface area contributed by atoms with Crippen LogP contribution in [0.3, 0.4) is 0 Å². The minimum atomic E-state index is -0.501. The van der Waals surface area contributed by atoms with Crippen molar-refractivity contribution in [1.29, 1.82) is 0 Å². The summed E-state index contributed by atoms with van der Waals surface area (Å²) in [6, 6.07) is -0.0605. The van der Waals surface area contributed by atoms with Crippen LogP contribution in [0.15, 0.2) is 0 Å². The first-order valence-corrected chi connectivity index (χ1v) is 6.53. The number of fused-ring (bicyclic) bond motifs is 1. The third-order valence-electron chi connectivity index (χ3n) is 3.15. The molecule has 1 aliphatic heterocycles. The van der Waals surface area contributed by atoms with E-state index in [2.05, 4.69) is 24.0 Å². The average Bonchev–Trinajstić information content (AvgIpc) is 2.76. The van der Waals surface area contributed by atoms with Gasteiger partial charge in [-0.3, -0.25) is 10.00 Å². The Morgan fingerprint density at radius 1 is 1.53 bits per heavy atom. The number of carbonyl (C=O) groups excluding carboxylic acids is 1. The molecule has 6 nitrogen and oxygen atoms in total. The molecule has 2 rings (SSSR count). The molecule has 1 amide bonds. The molecular weight excluding hydrogens is 244 g/mol. The number of ether oxygens (including phenoxy) is 1. The van der Waals surface area contributed by atoms with Crippen molar-refractivity contribution in [3.05, 3.63) is 11.3 Å². The summed E-state index contributed by atoms with van der Waals surface area (Å²) in [6.45, 7) is 10.2. The van der Waals surface area contributed by atoms with Crippen molar-refractivity contribution >= 4 is 11.9 Å². The van der Waals surface area contributed by atoms with Gasteiger partial charge in [-0.2, -0.15) is 5.10 Å². The zero-order valence-electron chi connectivity index (χ0n) is 12.2. The zero-order valence-corrected chi connectivity index (χ0v) is 12.2. The molecule has 6 heteroatoms. The van der Waals surface area contributed by atoms with Gasteiger partial charge in [0.25, 0.3) is 0 Å². The number of nitrogens with zero attached hydrogens (tertiary/aromatic N) is 2. The van der Waals surface area contributed by atoms with E-state index < -0.39 is 5.60 Å². The fourth-order valence-corrected chi connectivity index (χ4v) is 2.42. The molecule has 1 atom stereocenters. The van der Waals surface area contributed by atoms with E-state index >= 15 is 0 Å². The van der Waals surface area contributed by atoms with E-state index in [1.165, 1.54) is 0 Å². The van der Waals surface area contributed by atoms with Gasteiger partial charge >= 0.3 is 6.09 Å². The van der Waals surface area contributed by atoms with Crippen molar-refractivity contribution < 1.29 is 9.53 Å². The van der Waals surface area contributed by atoms with Crippen molar-refractivity contribution in [3.63, 3.8) is 0 Å². The Bertz CT molecular complexity index is 487. The van der Waals surface area contributed by atoms with Gasteiger partial charge in [-0.25, -0.2) is 4.79 Å². The second-order valence-electron chi connectivity index (χ2n) is 6.30. The summed E-state index contributed by atoms with van der Waals surface area (Å²) in [7, 11) is 0. The van der Waals surface area contributed by atoms with Gasteiger partial charge in [-0.1, -0.05) is 13.8 Å². The first-order chi connectivity index (χ1) is 8.70. The van der Waals surface area contributed by atoms with Crippen molar-refractivity contribution in [2.45, 2.75) is 52.8 Å². The molecule has 1 aliphatic rings. The van der Waals surface area contributed by atoms with Gasteiger partial charge < -0.3 is 10.5 Å². The molecule has 0 saturated carbocycles. The lowest BCUT2D eigenvalue weighted by molar-refractivity contribution is 0.0122. The van der Waals surface area contributed by atoms with Gasteiger partial charge in [-0.15, -0.1) is 0 Å². The monoisotopic (exact) mass is 266 g/mol. The van der Waals surface area contributed by atoms with E-state index in [4.69, 9.17) is 10.5 Å². The van der Waals surface area contributed by atoms with Crippen LogP contribution in [0.25, 0.3) is 0 Å². The summed E-state index contributed by atoms with van der Waals surface area (Å²) >= 11 is 0. The topological polar surface area (TPSA) is 84.2 Å². The number of nitrogens with one attached hydrogen (secondary N) is 1. The van der Waals surface area contributed by atoms with Crippen molar-refractivity contribution in [2.24, 2.45) is 5.92 Å². The Labute approximate surface area is 113 Å². The van der Waals surface area contributed by atoms with Gasteiger partial charge in [0.15, 0.2) is 5.82 Å². The van der Waals surface area contributed by atoms with E-state index in [0.717, 1.165) is 11.3 Å². The normalized spacial score (nSPS) is 18.8. The summed E-state index contributed by atoms with van der Waals surface area (Å²) in [4.78, 5) is 14.0. The van der Waals surface area contributed by atoms with Crippen LogP contribution < -0.4 is 5.73 Å². The molecule has 0 bridgehead atoms. The molecule has 2 heterocycles. The van der Waals surface area contributed by atoms with E-state index in [-0.39, 0.29) is 18.1 Å². The second-order valence-corrected chi connectivity index (χ2v) is 6.30. The molecule has 19 heavy (non-hydrogen) atoms. The molecule has 0 aliphatic carbocycles. The molecule has 0 aromatic carbocycles. The number of aromatic amines is 1. The number of nitrogens with two attached hydrogens (primary N) is 1. The minimum absolute atomic E-state index is 0.0605. The summed E-state index contributed by atoms with van der Waals surface area (Å²) in [5, 5.41) is 6.95. The summed E-state index contributed by atoms with van der Waals surface area (Å²) < 4.78 is 5.45. The number of hydrogen-bond acceptors (Lipinski definition) is 4. The average molecular weight is 266 g/mol. The standard InChI is InChI=1S/C13H22N4O2/c1-7(2)10-9-8(11(14)16-15-9)6-17(10)12(18)19-13(3,4)5/h7,10H,6H2,1-5H3,(H3,14,15,16)/t10-/m0/s1. The van der Waals surface area contributed by atoms with Gasteiger partial charge in [-0.05, 0) is 26.7 Å². The van der Waals surface area contributed by atoms with Crippen LogP contribution in [0.4, 0.5) is 10.6 Å². The highest BCUT2D eigenvalue weighted by molar-refractivity contribution is 5.71. The number of hydrogen-bond donors (Lipinski definition) is 2. The number of H-pyrrole nitrogens is 1. The fourth-order valence-electron chi connectivity index (χ4n) is 2.42. The van der Waals surface area contributed by atoms with E-state index in [1.54, 1.807) is 4.90 Å². The van der Waals surface area contributed by atoms with Crippen LogP contribution in [-0.2, 0) is 11.3 Å². The van der Waals surface area contributed by atoms with Crippen LogP contribution >= 0.6 is 0 Å². The number of aromatic nitrogens is 2. The van der Waals surface area contributed by atoms with Gasteiger partial charge in [0.1, 0.15) is 5.60 Å². The Kier molecular flexibility index (Phi) is 3.20. The summed E-state index contributed by atoms with van der Waals surface area (Å²) in [5.41, 5.74) is 7.16. The van der Waals surface area contributed by atoms with E-state index in [9.17, 15) is 4.79 Å². The van der Waals surface area contributed by atoms with Crippen LogP contribution in [0, 0.1) is 5.92 Å². The summed E-state index contributed by atoms with van der Waals surface area (Å²) in [6.07, 6.45) is -0.310. The van der Waals surface area contributed by atoms with Gasteiger partial charge in [0.05, 0.1) is 18.3 Å². The highest BCUT2D eigenvalue weighted by Gasteiger charge is 2.40. The molecule has 0 unspecified atom stereocenters. The second kappa shape index (κ2) is 4.43. The van der Waals surface area contributed by atoms with Gasteiger partial charge in [0.2, 0.25) is 0 Å². The Morgan fingerprint density at radius 2 is 2.16 bits per heavy atom. The van der Waals surface area contributed by atoms with E-state index in [0.29, 0.717) is 12.4 Å². The van der Waals surface area contributed by atoms with Crippen molar-refractivity contribution in [1.82, 2.24) is 15.1 Å². The highest BCUT2D eigenvalue weighted by Crippen LogP contribution is 2.40. The van der Waals surface area contributed by atoms with E-state index in [1.807, 2.05) is 20.8 Å². The number of anilines is 1. The lowest BCUT2D eigenvalue weighted by atomic mass is 10.0. The largest absolute Gasteiger partial charge is 0.444 e. The molecule has 3 N–H and O–H groups in total.